The molecule has 5 rings (SSSR count). The molecule has 1 aliphatic carbocycles. The molecule has 1 aromatic carbocycles. The Morgan fingerprint density at radius 3 is 2.92 bits per heavy atom. The molecule has 0 spiro atoms. The van der Waals surface area contributed by atoms with Gasteiger partial charge in [0.25, 0.3) is 0 Å². The number of rotatable bonds is 4. The molecular formula is C19H21N3O3S. The van der Waals surface area contributed by atoms with Crippen molar-refractivity contribution in [3.63, 3.8) is 0 Å². The van der Waals surface area contributed by atoms with E-state index >= 15 is 0 Å². The summed E-state index contributed by atoms with van der Waals surface area (Å²) < 4.78 is 4.95. The predicted molar refractivity (Wildman–Crippen MR) is 100.0 cm³/mol. The highest BCUT2D eigenvalue weighted by Gasteiger charge is 2.55. The fourth-order valence-corrected chi connectivity index (χ4v) is 5.47. The molecule has 2 atom stereocenters. The van der Waals surface area contributed by atoms with Crippen LogP contribution in [-0.4, -0.2) is 46.4 Å². The standard InChI is InChI=1S/C19H21N3O3S/c23-17(11-3-4-11)19-10-22(9-12(19)2-1-7-20-19)13-5-6-14-15(8-13)26-21-16(14)18(24)25/h5-6,8,11-12,20H,1-4,7,9-10H2,(H,24,25). The number of carbonyl (C=O) groups excluding carboxylic acids is 1. The Morgan fingerprint density at radius 1 is 1.31 bits per heavy atom. The topological polar surface area (TPSA) is 82.5 Å². The predicted octanol–water partition coefficient (Wildman–Crippen LogP) is 2.53. The van der Waals surface area contributed by atoms with Crippen molar-refractivity contribution < 1.29 is 14.7 Å². The second-order valence-electron chi connectivity index (χ2n) is 7.77. The molecular weight excluding hydrogens is 350 g/mol. The Labute approximate surface area is 155 Å². The van der Waals surface area contributed by atoms with Crippen LogP contribution in [0.25, 0.3) is 10.1 Å². The van der Waals surface area contributed by atoms with Crippen LogP contribution in [0.5, 0.6) is 0 Å². The SMILES string of the molecule is O=C(O)c1nsc2cc(N3CC4CCCNC4(C(=O)C4CC4)C3)ccc12. The molecule has 0 amide bonds. The molecule has 6 nitrogen and oxygen atoms in total. The summed E-state index contributed by atoms with van der Waals surface area (Å²) in [6, 6.07) is 5.84. The van der Waals surface area contributed by atoms with E-state index in [0.717, 1.165) is 49.2 Å². The third-order valence-electron chi connectivity index (χ3n) is 6.16. The van der Waals surface area contributed by atoms with Crippen LogP contribution in [-0.2, 0) is 4.79 Å². The highest BCUT2D eigenvalue weighted by atomic mass is 32.1. The number of anilines is 1. The highest BCUT2D eigenvalue weighted by molar-refractivity contribution is 7.13. The van der Waals surface area contributed by atoms with E-state index in [1.54, 1.807) is 0 Å². The van der Waals surface area contributed by atoms with E-state index in [2.05, 4.69) is 14.6 Å². The van der Waals surface area contributed by atoms with Crippen LogP contribution < -0.4 is 10.2 Å². The maximum Gasteiger partial charge on any atom is 0.356 e. The Hall–Kier alpha value is -1.99. The number of carbonyl (C=O) groups is 2. The number of nitrogens with one attached hydrogen (secondary N) is 1. The first-order chi connectivity index (χ1) is 12.6. The van der Waals surface area contributed by atoms with E-state index in [4.69, 9.17) is 0 Å². The Morgan fingerprint density at radius 2 is 2.15 bits per heavy atom. The Bertz CT molecular complexity index is 907. The summed E-state index contributed by atoms with van der Waals surface area (Å²) in [5, 5.41) is 13.5. The van der Waals surface area contributed by atoms with Gasteiger partial charge in [0.2, 0.25) is 0 Å². The Balaban J connectivity index is 1.48. The first kappa shape index (κ1) is 16.2. The normalized spacial score (nSPS) is 28.3. The van der Waals surface area contributed by atoms with Crippen LogP contribution in [0.1, 0.15) is 36.2 Å². The number of ketones is 1. The molecule has 3 aliphatic rings. The van der Waals surface area contributed by atoms with Crippen molar-refractivity contribution in [1.29, 1.82) is 0 Å². The van der Waals surface area contributed by atoms with Crippen molar-refractivity contribution in [1.82, 2.24) is 9.69 Å². The zero-order valence-electron chi connectivity index (χ0n) is 14.4. The van der Waals surface area contributed by atoms with E-state index < -0.39 is 11.5 Å². The number of carboxylic acid groups (broad SMARTS) is 1. The fourth-order valence-electron chi connectivity index (χ4n) is 4.66. The van der Waals surface area contributed by atoms with Gasteiger partial charge in [-0.25, -0.2) is 4.79 Å². The molecule has 2 aromatic rings. The van der Waals surface area contributed by atoms with E-state index in [0.29, 0.717) is 23.6 Å². The molecule has 1 saturated carbocycles. The number of carboxylic acids is 1. The van der Waals surface area contributed by atoms with Gasteiger partial charge in [-0.15, -0.1) is 0 Å². The zero-order valence-corrected chi connectivity index (χ0v) is 15.2. The summed E-state index contributed by atoms with van der Waals surface area (Å²) in [7, 11) is 0. The molecule has 0 radical (unpaired) electrons. The number of aromatic nitrogens is 1. The van der Waals surface area contributed by atoms with Crippen molar-refractivity contribution in [2.75, 3.05) is 24.5 Å². The van der Waals surface area contributed by atoms with Crippen molar-refractivity contribution in [2.24, 2.45) is 11.8 Å². The molecule has 0 bridgehead atoms. The van der Waals surface area contributed by atoms with E-state index in [1.165, 1.54) is 11.5 Å². The van der Waals surface area contributed by atoms with Gasteiger partial charge in [0.05, 0.1) is 10.2 Å². The lowest BCUT2D eigenvalue weighted by Gasteiger charge is -2.38. The van der Waals surface area contributed by atoms with Gasteiger partial charge in [0.1, 0.15) is 0 Å². The Kier molecular flexibility index (Phi) is 3.59. The first-order valence-electron chi connectivity index (χ1n) is 9.25. The molecule has 2 aliphatic heterocycles. The number of hydrogen-bond donors (Lipinski definition) is 2. The van der Waals surface area contributed by atoms with Gasteiger partial charge >= 0.3 is 5.97 Å². The summed E-state index contributed by atoms with van der Waals surface area (Å²) in [5.41, 5.74) is 0.778. The van der Waals surface area contributed by atoms with Crippen molar-refractivity contribution in [2.45, 2.75) is 31.2 Å². The zero-order chi connectivity index (χ0) is 17.9. The summed E-state index contributed by atoms with van der Waals surface area (Å²) >= 11 is 1.22. The van der Waals surface area contributed by atoms with Gasteiger partial charge < -0.3 is 15.3 Å². The lowest BCUT2D eigenvalue weighted by Crippen LogP contribution is -2.61. The molecule has 1 aromatic heterocycles. The third-order valence-corrected chi connectivity index (χ3v) is 6.97. The number of benzene rings is 1. The summed E-state index contributed by atoms with van der Waals surface area (Å²) in [6.07, 6.45) is 4.29. The molecule has 7 heteroatoms. The first-order valence-corrected chi connectivity index (χ1v) is 10.0. The number of piperidine rings is 1. The summed E-state index contributed by atoms with van der Waals surface area (Å²) in [6.45, 7) is 2.50. The van der Waals surface area contributed by atoms with Gasteiger partial charge in [-0.1, -0.05) is 0 Å². The number of aromatic carboxylic acids is 1. The van der Waals surface area contributed by atoms with Crippen LogP contribution in [0, 0.1) is 11.8 Å². The molecule has 2 unspecified atom stereocenters. The summed E-state index contributed by atoms with van der Waals surface area (Å²) in [5.74, 6) is 0.0346. The van der Waals surface area contributed by atoms with Gasteiger partial charge in [-0.2, -0.15) is 4.37 Å². The molecule has 3 fully saturated rings. The maximum atomic E-state index is 13.1. The monoisotopic (exact) mass is 371 g/mol. The van der Waals surface area contributed by atoms with Crippen LogP contribution in [0.15, 0.2) is 18.2 Å². The van der Waals surface area contributed by atoms with Crippen LogP contribution in [0.4, 0.5) is 5.69 Å². The third kappa shape index (κ3) is 2.37. The number of nitrogens with zero attached hydrogens (tertiary/aromatic N) is 2. The van der Waals surface area contributed by atoms with Crippen molar-refractivity contribution in [3.8, 4) is 0 Å². The van der Waals surface area contributed by atoms with Crippen molar-refractivity contribution >= 4 is 39.1 Å². The number of Topliss-reactive ketones (excluding diaryl/α,β-unsaturated/α-hetero) is 1. The minimum atomic E-state index is -0.991. The van der Waals surface area contributed by atoms with Crippen molar-refractivity contribution in [3.05, 3.63) is 23.9 Å². The quantitative estimate of drug-likeness (QED) is 0.859. The second-order valence-corrected chi connectivity index (χ2v) is 8.58. The molecule has 26 heavy (non-hydrogen) atoms. The number of hydrogen-bond acceptors (Lipinski definition) is 6. The molecule has 3 heterocycles. The fraction of sp³-hybridized carbons (Fsp3) is 0.526. The molecule has 2 saturated heterocycles. The average molecular weight is 371 g/mol. The minimum absolute atomic E-state index is 0.119. The molecule has 2 N–H and O–H groups in total. The van der Waals surface area contributed by atoms with Crippen LogP contribution in [0.3, 0.4) is 0 Å². The van der Waals surface area contributed by atoms with Crippen LogP contribution >= 0.6 is 11.5 Å². The maximum absolute atomic E-state index is 13.1. The lowest BCUT2D eigenvalue weighted by atomic mass is 9.76. The van der Waals surface area contributed by atoms with Crippen LogP contribution in [0.2, 0.25) is 0 Å². The largest absolute Gasteiger partial charge is 0.476 e. The average Bonchev–Trinajstić information content (AvgIpc) is 3.27. The minimum Gasteiger partial charge on any atom is -0.476 e. The van der Waals surface area contributed by atoms with E-state index in [-0.39, 0.29) is 11.6 Å². The number of fused-ring (bicyclic) bond motifs is 2. The highest BCUT2D eigenvalue weighted by Crippen LogP contribution is 2.44. The smallest absolute Gasteiger partial charge is 0.356 e. The second kappa shape index (κ2) is 5.76. The van der Waals surface area contributed by atoms with E-state index in [9.17, 15) is 14.7 Å². The molecule has 136 valence electrons. The van der Waals surface area contributed by atoms with Gasteiger partial charge in [-0.3, -0.25) is 4.79 Å². The van der Waals surface area contributed by atoms with Gasteiger partial charge in [0.15, 0.2) is 11.5 Å². The van der Waals surface area contributed by atoms with Gasteiger partial charge in [0, 0.05) is 36.0 Å². The van der Waals surface area contributed by atoms with Gasteiger partial charge in [-0.05, 0) is 62.0 Å². The summed E-state index contributed by atoms with van der Waals surface area (Å²) in [4.78, 5) is 26.6. The lowest BCUT2D eigenvalue weighted by molar-refractivity contribution is -0.128. The van der Waals surface area contributed by atoms with E-state index in [1.807, 2.05) is 18.2 Å².